The number of pyridine rings is 1. The molecule has 3 N–H and O–H groups in total. The fraction of sp³-hybridized carbons (Fsp3) is 0.467. The van der Waals surface area contributed by atoms with Gasteiger partial charge in [0.2, 0.25) is 11.9 Å². The predicted octanol–water partition coefficient (Wildman–Crippen LogP) is 3.55. The molecule has 14 heteroatoms. The first kappa shape index (κ1) is 32.0. The van der Waals surface area contributed by atoms with Crippen LogP contribution in [0.5, 0.6) is 11.5 Å². The lowest BCUT2D eigenvalue weighted by atomic mass is 10.1. The number of halogens is 2. The third kappa shape index (κ3) is 7.10. The number of hydrogen-bond acceptors (Lipinski definition) is 11. The number of benzene rings is 1. The number of likely N-dealkylation sites (N-methyl/N-ethyl adjacent to an activating group) is 1. The van der Waals surface area contributed by atoms with Crippen LogP contribution in [0.2, 0.25) is 10.0 Å². The molecule has 0 aliphatic carbocycles. The topological polar surface area (TPSA) is 126 Å². The molecule has 2 aliphatic heterocycles. The second-order valence-corrected chi connectivity index (χ2v) is 11.9. The predicted molar refractivity (Wildman–Crippen MR) is 173 cm³/mol. The van der Waals surface area contributed by atoms with Crippen molar-refractivity contribution in [3.63, 3.8) is 0 Å². The van der Waals surface area contributed by atoms with E-state index in [-0.39, 0.29) is 24.0 Å². The Bertz CT molecular complexity index is 1490. The van der Waals surface area contributed by atoms with E-state index in [0.29, 0.717) is 76.4 Å². The molecule has 4 heterocycles. The summed E-state index contributed by atoms with van der Waals surface area (Å²) in [5.74, 6) is 1.57. The highest BCUT2D eigenvalue weighted by atomic mass is 35.5. The van der Waals surface area contributed by atoms with Gasteiger partial charge < -0.3 is 35.1 Å². The third-order valence-electron chi connectivity index (χ3n) is 7.75. The van der Waals surface area contributed by atoms with Gasteiger partial charge in [-0.15, -0.1) is 0 Å². The largest absolute Gasteiger partial charge is 0.495 e. The third-order valence-corrected chi connectivity index (χ3v) is 8.50. The normalized spacial score (nSPS) is 20.2. The lowest BCUT2D eigenvalue weighted by Gasteiger charge is -2.21. The highest BCUT2D eigenvalue weighted by Gasteiger charge is 2.34. The van der Waals surface area contributed by atoms with E-state index in [1.165, 1.54) is 20.3 Å². The number of hydrogen-bond donors (Lipinski definition) is 3. The van der Waals surface area contributed by atoms with Crippen molar-refractivity contribution in [1.29, 1.82) is 0 Å². The van der Waals surface area contributed by atoms with Gasteiger partial charge in [0.15, 0.2) is 5.82 Å². The number of anilines is 2. The van der Waals surface area contributed by atoms with E-state index in [4.69, 9.17) is 47.4 Å². The Hall–Kier alpha value is -3.42. The molecule has 1 amide bonds. The number of rotatable bonds is 12. The van der Waals surface area contributed by atoms with Gasteiger partial charge in [0.25, 0.3) is 0 Å². The van der Waals surface area contributed by atoms with Gasteiger partial charge in [-0.3, -0.25) is 9.69 Å². The molecule has 0 radical (unpaired) electrons. The fourth-order valence-electron chi connectivity index (χ4n) is 5.40. The summed E-state index contributed by atoms with van der Waals surface area (Å²) < 4.78 is 16.6. The van der Waals surface area contributed by atoms with E-state index in [1.54, 1.807) is 12.3 Å². The van der Waals surface area contributed by atoms with Crippen LogP contribution in [-0.4, -0.2) is 116 Å². The summed E-state index contributed by atoms with van der Waals surface area (Å²) in [5, 5.41) is 11.4. The minimum Gasteiger partial charge on any atom is -0.495 e. The molecule has 2 fully saturated rings. The second-order valence-electron chi connectivity index (χ2n) is 11.1. The zero-order valence-electron chi connectivity index (χ0n) is 25.3. The van der Waals surface area contributed by atoms with Crippen LogP contribution in [0.1, 0.15) is 6.42 Å². The zero-order chi connectivity index (χ0) is 31.4. The van der Waals surface area contributed by atoms with Gasteiger partial charge >= 0.3 is 0 Å². The maximum atomic E-state index is 12.2. The van der Waals surface area contributed by atoms with Crippen molar-refractivity contribution < 1.29 is 19.0 Å². The first-order chi connectivity index (χ1) is 21.2. The molecule has 1 aromatic carbocycles. The summed E-state index contributed by atoms with van der Waals surface area (Å²) in [6.07, 6.45) is 3.85. The molecule has 5 rings (SSSR count). The Kier molecular flexibility index (Phi) is 10.3. The summed E-state index contributed by atoms with van der Waals surface area (Å²) in [6.45, 7) is 8.00. The van der Waals surface area contributed by atoms with Crippen LogP contribution in [0.15, 0.2) is 31.0 Å². The van der Waals surface area contributed by atoms with Crippen molar-refractivity contribution in [2.24, 2.45) is 0 Å². The number of nitrogens with zero attached hydrogens (tertiary/aromatic N) is 5. The van der Waals surface area contributed by atoms with Crippen LogP contribution in [0.3, 0.4) is 0 Å². The SMILES string of the molecule is C=CC(=O)N[C@H]1CN(CCN(C)C)C[C@H]1Nc1ncc2cc(-c3c(Cl)c(OC)cc(OC)c3Cl)nc(NC3CCOC3)c2n1. The van der Waals surface area contributed by atoms with Gasteiger partial charge in [-0.1, -0.05) is 29.8 Å². The molecule has 12 nitrogen and oxygen atoms in total. The van der Waals surface area contributed by atoms with Crippen molar-refractivity contribution in [3.8, 4) is 22.8 Å². The molecule has 0 saturated carbocycles. The van der Waals surface area contributed by atoms with Crippen molar-refractivity contribution in [2.75, 3.05) is 78.3 Å². The van der Waals surface area contributed by atoms with Crippen LogP contribution in [0.25, 0.3) is 22.2 Å². The first-order valence-electron chi connectivity index (χ1n) is 14.4. The Morgan fingerprint density at radius 2 is 1.86 bits per heavy atom. The molecule has 0 bridgehead atoms. The van der Waals surface area contributed by atoms with Gasteiger partial charge in [-0.05, 0) is 32.7 Å². The van der Waals surface area contributed by atoms with Crippen LogP contribution in [0.4, 0.5) is 11.8 Å². The molecular weight excluding hydrogens is 607 g/mol. The smallest absolute Gasteiger partial charge is 0.243 e. The number of amides is 1. The van der Waals surface area contributed by atoms with E-state index in [1.807, 2.05) is 20.2 Å². The standard InChI is InChI=1S/C30H38Cl2N8O4/c1-6-24(41)35-20-14-40(9-8-39(2)3)15-21(20)37-30-33-13-17-11-19(25-26(31)22(42-4)12-23(43-5)27(25)32)36-29(28(17)38-30)34-18-7-10-44-16-18/h6,11-13,18,20-21H,1,7-10,14-16H2,2-5H3,(H,34,36)(H,35,41)(H,33,37,38)/t18?,20-,21+/m0/s1. The van der Waals surface area contributed by atoms with Crippen LogP contribution in [-0.2, 0) is 9.53 Å². The number of aromatic nitrogens is 3. The molecule has 1 unspecified atom stereocenters. The van der Waals surface area contributed by atoms with Gasteiger partial charge in [-0.25, -0.2) is 15.0 Å². The lowest BCUT2D eigenvalue weighted by molar-refractivity contribution is -0.117. The quantitative estimate of drug-likeness (QED) is 0.251. The number of carbonyl (C=O) groups excluding carboxylic acids is 1. The molecule has 2 aliphatic rings. The zero-order valence-corrected chi connectivity index (χ0v) is 26.8. The Morgan fingerprint density at radius 3 is 2.50 bits per heavy atom. The minimum absolute atomic E-state index is 0.0525. The first-order valence-corrected chi connectivity index (χ1v) is 15.1. The van der Waals surface area contributed by atoms with Crippen molar-refractivity contribution in [2.45, 2.75) is 24.5 Å². The number of carbonyl (C=O) groups is 1. The van der Waals surface area contributed by atoms with E-state index in [0.717, 1.165) is 24.9 Å². The summed E-state index contributed by atoms with van der Waals surface area (Å²) in [5.41, 5.74) is 1.60. The minimum atomic E-state index is -0.218. The Morgan fingerprint density at radius 1 is 1.14 bits per heavy atom. The summed E-state index contributed by atoms with van der Waals surface area (Å²) in [6, 6.07) is 3.26. The molecule has 236 valence electrons. The number of fused-ring (bicyclic) bond motifs is 1. The van der Waals surface area contributed by atoms with Gasteiger partial charge in [0.1, 0.15) is 17.0 Å². The molecular formula is C30H38Cl2N8O4. The van der Waals surface area contributed by atoms with Crippen molar-refractivity contribution >= 4 is 51.8 Å². The van der Waals surface area contributed by atoms with Gasteiger partial charge in [0, 0.05) is 56.0 Å². The number of methoxy groups -OCH3 is 2. The number of likely N-dealkylation sites (tertiary alicyclic amines) is 1. The van der Waals surface area contributed by atoms with E-state index < -0.39 is 0 Å². The number of nitrogens with one attached hydrogen (secondary N) is 3. The molecule has 2 saturated heterocycles. The van der Waals surface area contributed by atoms with Crippen LogP contribution < -0.4 is 25.4 Å². The van der Waals surface area contributed by atoms with Gasteiger partial charge in [-0.2, -0.15) is 0 Å². The highest BCUT2D eigenvalue weighted by Crippen LogP contribution is 2.46. The Labute approximate surface area is 267 Å². The van der Waals surface area contributed by atoms with E-state index in [2.05, 4.69) is 37.3 Å². The molecule has 0 spiro atoms. The molecule has 44 heavy (non-hydrogen) atoms. The van der Waals surface area contributed by atoms with Crippen molar-refractivity contribution in [3.05, 3.63) is 41.0 Å². The fourth-order valence-corrected chi connectivity index (χ4v) is 6.09. The number of ether oxygens (including phenoxy) is 3. The highest BCUT2D eigenvalue weighted by molar-refractivity contribution is 6.41. The van der Waals surface area contributed by atoms with Gasteiger partial charge in [0.05, 0.1) is 54.7 Å². The lowest BCUT2D eigenvalue weighted by Crippen LogP contribution is -2.45. The molecule has 2 aromatic heterocycles. The Balaban J connectivity index is 1.52. The average Bonchev–Trinajstić information content (AvgIpc) is 3.66. The van der Waals surface area contributed by atoms with E-state index >= 15 is 0 Å². The van der Waals surface area contributed by atoms with Crippen LogP contribution >= 0.6 is 23.2 Å². The average molecular weight is 646 g/mol. The summed E-state index contributed by atoms with van der Waals surface area (Å²) in [7, 11) is 7.14. The second kappa shape index (κ2) is 14.1. The maximum Gasteiger partial charge on any atom is 0.243 e. The summed E-state index contributed by atoms with van der Waals surface area (Å²) in [4.78, 5) is 31.2. The monoisotopic (exact) mass is 644 g/mol. The van der Waals surface area contributed by atoms with Crippen molar-refractivity contribution in [1.82, 2.24) is 30.1 Å². The maximum absolute atomic E-state index is 12.2. The molecule has 3 atom stereocenters. The van der Waals surface area contributed by atoms with E-state index in [9.17, 15) is 4.79 Å². The van der Waals surface area contributed by atoms with Crippen LogP contribution in [0, 0.1) is 0 Å². The summed E-state index contributed by atoms with van der Waals surface area (Å²) >= 11 is 13.5. The molecule has 3 aromatic rings.